The maximum atomic E-state index is 11.7. The Morgan fingerprint density at radius 3 is 2.90 bits per heavy atom. The van der Waals surface area contributed by atoms with Gasteiger partial charge in [0.15, 0.2) is 0 Å². The molecule has 1 rings (SSSR count). The van der Waals surface area contributed by atoms with Crippen LogP contribution in [0.1, 0.15) is 12.2 Å². The fourth-order valence-corrected chi connectivity index (χ4v) is 1.74. The molecule has 21 heavy (non-hydrogen) atoms. The topological polar surface area (TPSA) is 63.9 Å². The first-order chi connectivity index (χ1) is 10.2. The Morgan fingerprint density at radius 1 is 1.33 bits per heavy atom. The first-order valence-corrected chi connectivity index (χ1v) is 7.26. The van der Waals surface area contributed by atoms with Crippen LogP contribution < -0.4 is 5.32 Å². The van der Waals surface area contributed by atoms with E-state index in [4.69, 9.17) is 13.9 Å². The average Bonchev–Trinajstić information content (AvgIpc) is 2.98. The normalized spacial score (nSPS) is 11.0. The molecular formula is C15H26N2O4. The molecule has 1 heterocycles. The Balaban J connectivity index is 1.96. The third-order valence-corrected chi connectivity index (χ3v) is 3.04. The van der Waals surface area contributed by atoms with E-state index in [0.29, 0.717) is 32.8 Å². The third kappa shape index (κ3) is 9.23. The highest BCUT2D eigenvalue weighted by Crippen LogP contribution is 1.99. The van der Waals surface area contributed by atoms with Gasteiger partial charge in [-0.15, -0.1) is 0 Å². The maximum absolute atomic E-state index is 11.7. The lowest BCUT2D eigenvalue weighted by Crippen LogP contribution is -2.31. The Labute approximate surface area is 126 Å². The van der Waals surface area contributed by atoms with Crippen LogP contribution in [0.25, 0.3) is 0 Å². The van der Waals surface area contributed by atoms with E-state index in [0.717, 1.165) is 25.3 Å². The van der Waals surface area contributed by atoms with Crippen molar-refractivity contribution >= 4 is 5.91 Å². The number of carbonyl (C=O) groups excluding carboxylic acids is 1. The molecule has 120 valence electrons. The number of nitrogens with zero attached hydrogens (tertiary/aromatic N) is 1. The van der Waals surface area contributed by atoms with Crippen LogP contribution in [0.15, 0.2) is 22.8 Å². The monoisotopic (exact) mass is 298 g/mol. The number of furan rings is 1. The third-order valence-electron chi connectivity index (χ3n) is 3.04. The zero-order chi connectivity index (χ0) is 15.3. The fraction of sp³-hybridized carbons (Fsp3) is 0.667. The zero-order valence-electron chi connectivity index (χ0n) is 13.0. The van der Waals surface area contributed by atoms with Crippen LogP contribution in [0.3, 0.4) is 0 Å². The first kappa shape index (κ1) is 17.7. The summed E-state index contributed by atoms with van der Waals surface area (Å²) in [7, 11) is 3.63. The fourth-order valence-electron chi connectivity index (χ4n) is 1.74. The smallest absolute Gasteiger partial charge is 0.221 e. The van der Waals surface area contributed by atoms with E-state index in [9.17, 15) is 4.79 Å². The van der Waals surface area contributed by atoms with Crippen molar-refractivity contribution < 1.29 is 18.7 Å². The minimum atomic E-state index is 0.0636. The molecule has 0 saturated carbocycles. The van der Waals surface area contributed by atoms with Crippen LogP contribution in [0.5, 0.6) is 0 Å². The van der Waals surface area contributed by atoms with Gasteiger partial charge >= 0.3 is 0 Å². The number of likely N-dealkylation sites (N-methyl/N-ethyl adjacent to an activating group) is 1. The van der Waals surface area contributed by atoms with Crippen LogP contribution >= 0.6 is 0 Å². The highest BCUT2D eigenvalue weighted by Gasteiger charge is 2.05. The molecule has 0 aliphatic rings. The molecule has 0 aliphatic carbocycles. The van der Waals surface area contributed by atoms with Crippen molar-refractivity contribution in [1.82, 2.24) is 10.2 Å². The van der Waals surface area contributed by atoms with E-state index in [-0.39, 0.29) is 5.91 Å². The Morgan fingerprint density at radius 2 is 2.19 bits per heavy atom. The molecule has 0 radical (unpaired) electrons. The minimum Gasteiger partial charge on any atom is -0.469 e. The summed E-state index contributed by atoms with van der Waals surface area (Å²) in [5.41, 5.74) is 0. The SMILES string of the molecule is COCCOCCN(C)CCC(=O)NCCc1ccco1. The molecule has 0 spiro atoms. The van der Waals surface area contributed by atoms with Gasteiger partial charge in [0, 0.05) is 39.6 Å². The Hall–Kier alpha value is -1.37. The molecule has 0 unspecified atom stereocenters. The lowest BCUT2D eigenvalue weighted by atomic mass is 10.3. The van der Waals surface area contributed by atoms with Gasteiger partial charge in [-0.05, 0) is 19.2 Å². The molecule has 0 fully saturated rings. The lowest BCUT2D eigenvalue weighted by Gasteiger charge is -2.16. The minimum absolute atomic E-state index is 0.0636. The molecule has 0 aliphatic heterocycles. The van der Waals surface area contributed by atoms with Gasteiger partial charge in [-0.1, -0.05) is 0 Å². The molecular weight excluding hydrogens is 272 g/mol. The molecule has 0 atom stereocenters. The standard InChI is InChI=1S/C15H26N2O4/c1-17(9-11-20-13-12-19-2)8-6-15(18)16-7-5-14-4-3-10-21-14/h3-4,10H,5-9,11-13H2,1-2H3,(H,16,18). The van der Waals surface area contributed by atoms with Gasteiger partial charge in [0.05, 0.1) is 26.1 Å². The largest absolute Gasteiger partial charge is 0.469 e. The molecule has 1 N–H and O–H groups in total. The number of nitrogens with one attached hydrogen (secondary N) is 1. The number of methoxy groups -OCH3 is 1. The van der Waals surface area contributed by atoms with E-state index in [1.54, 1.807) is 13.4 Å². The van der Waals surface area contributed by atoms with E-state index in [1.807, 2.05) is 19.2 Å². The van der Waals surface area contributed by atoms with E-state index in [2.05, 4.69) is 10.2 Å². The molecule has 6 nitrogen and oxygen atoms in total. The predicted octanol–water partition coefficient (Wildman–Crippen LogP) is 0.923. The van der Waals surface area contributed by atoms with Gasteiger partial charge in [0.1, 0.15) is 5.76 Å². The average molecular weight is 298 g/mol. The quantitative estimate of drug-likeness (QED) is 0.581. The van der Waals surface area contributed by atoms with Crippen molar-refractivity contribution in [3.63, 3.8) is 0 Å². The molecule has 0 saturated heterocycles. The van der Waals surface area contributed by atoms with Gasteiger partial charge in [-0.2, -0.15) is 0 Å². The van der Waals surface area contributed by atoms with Gasteiger partial charge in [-0.25, -0.2) is 0 Å². The van der Waals surface area contributed by atoms with E-state index < -0.39 is 0 Å². The highest BCUT2D eigenvalue weighted by molar-refractivity contribution is 5.76. The summed E-state index contributed by atoms with van der Waals surface area (Å²) >= 11 is 0. The number of rotatable bonds is 12. The van der Waals surface area contributed by atoms with Gasteiger partial charge in [-0.3, -0.25) is 4.79 Å². The Bertz CT molecular complexity index is 368. The van der Waals surface area contributed by atoms with Crippen LogP contribution in [0.2, 0.25) is 0 Å². The number of amides is 1. The van der Waals surface area contributed by atoms with Crippen molar-refractivity contribution in [2.75, 3.05) is 53.6 Å². The second-order valence-electron chi connectivity index (χ2n) is 4.84. The van der Waals surface area contributed by atoms with Crippen LogP contribution in [0.4, 0.5) is 0 Å². The molecule has 1 aromatic rings. The second kappa shape index (κ2) is 11.3. The predicted molar refractivity (Wildman–Crippen MR) is 80.2 cm³/mol. The molecule has 6 heteroatoms. The van der Waals surface area contributed by atoms with Gasteiger partial charge in [0.2, 0.25) is 5.91 Å². The number of hydrogen-bond acceptors (Lipinski definition) is 5. The van der Waals surface area contributed by atoms with E-state index >= 15 is 0 Å². The summed E-state index contributed by atoms with van der Waals surface area (Å²) in [4.78, 5) is 13.8. The summed E-state index contributed by atoms with van der Waals surface area (Å²) in [6.07, 6.45) is 2.86. The molecule has 1 amide bonds. The van der Waals surface area contributed by atoms with Crippen molar-refractivity contribution in [3.05, 3.63) is 24.2 Å². The van der Waals surface area contributed by atoms with Crippen molar-refractivity contribution in [1.29, 1.82) is 0 Å². The zero-order valence-corrected chi connectivity index (χ0v) is 13.0. The van der Waals surface area contributed by atoms with Crippen molar-refractivity contribution in [3.8, 4) is 0 Å². The van der Waals surface area contributed by atoms with E-state index in [1.165, 1.54) is 0 Å². The van der Waals surface area contributed by atoms with Crippen LogP contribution in [-0.2, 0) is 20.7 Å². The number of ether oxygens (including phenoxy) is 2. The Kier molecular flexibility index (Phi) is 9.52. The summed E-state index contributed by atoms with van der Waals surface area (Å²) in [6, 6.07) is 3.75. The summed E-state index contributed by atoms with van der Waals surface area (Å²) < 4.78 is 15.5. The summed E-state index contributed by atoms with van der Waals surface area (Å²) in [6.45, 7) is 4.01. The van der Waals surface area contributed by atoms with Crippen LogP contribution in [0, 0.1) is 0 Å². The highest BCUT2D eigenvalue weighted by atomic mass is 16.5. The van der Waals surface area contributed by atoms with Crippen molar-refractivity contribution in [2.24, 2.45) is 0 Å². The summed E-state index contributed by atoms with van der Waals surface area (Å²) in [5, 5.41) is 2.89. The van der Waals surface area contributed by atoms with Crippen molar-refractivity contribution in [2.45, 2.75) is 12.8 Å². The maximum Gasteiger partial charge on any atom is 0.221 e. The van der Waals surface area contributed by atoms with Crippen LogP contribution in [-0.4, -0.2) is 64.4 Å². The lowest BCUT2D eigenvalue weighted by molar-refractivity contribution is -0.121. The second-order valence-corrected chi connectivity index (χ2v) is 4.84. The van der Waals surface area contributed by atoms with Gasteiger partial charge in [0.25, 0.3) is 0 Å². The van der Waals surface area contributed by atoms with Gasteiger partial charge < -0.3 is 24.1 Å². The number of carbonyl (C=O) groups is 1. The molecule has 0 aromatic carbocycles. The molecule has 0 bridgehead atoms. The summed E-state index contributed by atoms with van der Waals surface area (Å²) in [5.74, 6) is 0.953. The first-order valence-electron chi connectivity index (χ1n) is 7.26. The molecule has 1 aromatic heterocycles. The number of hydrogen-bond donors (Lipinski definition) is 1.